The second kappa shape index (κ2) is 8.34. The van der Waals surface area contributed by atoms with Crippen molar-refractivity contribution >= 4 is 12.1 Å². The van der Waals surface area contributed by atoms with E-state index in [2.05, 4.69) is 5.73 Å². The van der Waals surface area contributed by atoms with Crippen LogP contribution >= 0.6 is 0 Å². The first-order valence-corrected chi connectivity index (χ1v) is 5.67. The number of ether oxygens (including phenoxy) is 1. The Morgan fingerprint density at radius 1 is 1.40 bits per heavy atom. The van der Waals surface area contributed by atoms with Crippen LogP contribution in [0, 0.1) is 5.82 Å². The molecule has 1 atom stereocenters. The molecule has 0 fully saturated rings. The Bertz CT molecular complexity index is 456. The topological polar surface area (TPSA) is 100 Å². The number of primary amides is 1. The number of imide groups is 1. The van der Waals surface area contributed by atoms with E-state index in [0.717, 1.165) is 5.56 Å². The van der Waals surface area contributed by atoms with Gasteiger partial charge in [0.05, 0.1) is 0 Å². The number of benzene rings is 1. The highest BCUT2D eigenvalue weighted by molar-refractivity contribution is 5.89. The maximum Gasteiger partial charge on any atom is 0.417 e. The van der Waals surface area contributed by atoms with Gasteiger partial charge < -0.3 is 28.6 Å². The molecule has 0 aliphatic heterocycles. The number of rotatable bonds is 4. The molecule has 0 aromatic heterocycles. The van der Waals surface area contributed by atoms with Crippen LogP contribution in [0.25, 0.3) is 0 Å². The second-order valence-corrected chi connectivity index (χ2v) is 4.17. The standard InChI is InChI=1S/C12H16FN3O3.ClH/c1-16(11(15)17)12(18)19-7-10(14)6-8-2-4-9(13)5-3-8;/h2-5,10H,6-7,14H2,1H3,(H2,15,17);1H/t10-;/m1./s1. The predicted octanol–water partition coefficient (Wildman–Crippen LogP) is -2.87. The molecule has 20 heavy (non-hydrogen) atoms. The Kier molecular flexibility index (Phi) is 7.56. The lowest BCUT2D eigenvalue weighted by Gasteiger charge is -2.14. The number of carbonyl (C=O) groups is 2. The van der Waals surface area contributed by atoms with Crippen molar-refractivity contribution in [1.82, 2.24) is 4.90 Å². The zero-order valence-corrected chi connectivity index (χ0v) is 11.8. The van der Waals surface area contributed by atoms with Crippen molar-refractivity contribution in [3.8, 4) is 0 Å². The van der Waals surface area contributed by atoms with E-state index < -0.39 is 12.1 Å². The van der Waals surface area contributed by atoms with E-state index in [-0.39, 0.29) is 30.9 Å². The Morgan fingerprint density at radius 2 is 1.95 bits per heavy atom. The van der Waals surface area contributed by atoms with Crippen LogP contribution in [0.15, 0.2) is 24.3 Å². The molecule has 1 aromatic rings. The van der Waals surface area contributed by atoms with Gasteiger partial charge in [0.2, 0.25) is 0 Å². The summed E-state index contributed by atoms with van der Waals surface area (Å²) in [5.74, 6) is -0.307. The highest BCUT2D eigenvalue weighted by Crippen LogP contribution is 2.05. The minimum atomic E-state index is -0.885. The van der Waals surface area contributed by atoms with Gasteiger partial charge in [-0.2, -0.15) is 0 Å². The summed E-state index contributed by atoms with van der Waals surface area (Å²) < 4.78 is 17.6. The summed E-state index contributed by atoms with van der Waals surface area (Å²) in [7, 11) is 1.22. The van der Waals surface area contributed by atoms with E-state index >= 15 is 0 Å². The number of amides is 3. The molecular formula is C12H17ClFN3O3. The maximum atomic E-state index is 12.7. The van der Waals surface area contributed by atoms with Crippen molar-refractivity contribution in [3.05, 3.63) is 35.6 Å². The van der Waals surface area contributed by atoms with E-state index in [0.29, 0.717) is 11.3 Å². The average molecular weight is 306 g/mol. The molecule has 0 saturated carbocycles. The number of carbonyl (C=O) groups excluding carboxylic acids is 2. The molecule has 0 heterocycles. The smallest absolute Gasteiger partial charge is 0.417 e. The molecule has 1 aromatic carbocycles. The van der Waals surface area contributed by atoms with E-state index in [9.17, 15) is 14.0 Å². The summed E-state index contributed by atoms with van der Waals surface area (Å²) in [5, 5.41) is 0. The fraction of sp³-hybridized carbons (Fsp3) is 0.333. The van der Waals surface area contributed by atoms with Gasteiger partial charge in [0.25, 0.3) is 0 Å². The minimum absolute atomic E-state index is 0. The van der Waals surface area contributed by atoms with Gasteiger partial charge in [-0.05, 0) is 17.7 Å². The molecule has 0 bridgehead atoms. The zero-order chi connectivity index (χ0) is 14.4. The molecule has 0 aliphatic rings. The summed E-state index contributed by atoms with van der Waals surface area (Å²) in [6.45, 7) is 0.0494. The molecule has 6 nitrogen and oxygen atoms in total. The van der Waals surface area contributed by atoms with E-state index in [1.54, 1.807) is 12.1 Å². The van der Waals surface area contributed by atoms with Gasteiger partial charge in [-0.25, -0.2) is 18.9 Å². The van der Waals surface area contributed by atoms with Crippen molar-refractivity contribution in [3.63, 3.8) is 0 Å². The monoisotopic (exact) mass is 305 g/mol. The van der Waals surface area contributed by atoms with Gasteiger partial charge in [0.15, 0.2) is 0 Å². The van der Waals surface area contributed by atoms with Gasteiger partial charge in [0.1, 0.15) is 18.5 Å². The quantitative estimate of drug-likeness (QED) is 0.625. The van der Waals surface area contributed by atoms with Crippen molar-refractivity contribution in [1.29, 1.82) is 0 Å². The first-order valence-electron chi connectivity index (χ1n) is 5.67. The highest BCUT2D eigenvalue weighted by Gasteiger charge is 2.17. The Hall–Kier alpha value is -1.86. The average Bonchev–Trinajstić information content (AvgIpc) is 2.37. The third-order valence-electron chi connectivity index (χ3n) is 2.48. The van der Waals surface area contributed by atoms with Crippen LogP contribution < -0.4 is 23.9 Å². The molecule has 0 saturated heterocycles. The van der Waals surface area contributed by atoms with Crippen molar-refractivity contribution in [2.45, 2.75) is 12.5 Å². The Balaban J connectivity index is 0.00000361. The molecule has 1 rings (SSSR count). The molecule has 0 unspecified atom stereocenters. The van der Waals surface area contributed by atoms with E-state index in [1.807, 2.05) is 0 Å². The number of hydrogen-bond acceptors (Lipinski definition) is 3. The van der Waals surface area contributed by atoms with Crippen molar-refractivity contribution < 1.29 is 36.9 Å². The van der Waals surface area contributed by atoms with Crippen LogP contribution in [-0.4, -0.2) is 36.7 Å². The normalized spacial score (nSPS) is 11.2. The summed E-state index contributed by atoms with van der Waals surface area (Å²) in [5.41, 5.74) is 9.63. The maximum absolute atomic E-state index is 12.7. The van der Waals surface area contributed by atoms with Crippen LogP contribution in [0.4, 0.5) is 14.0 Å². The third kappa shape index (κ3) is 5.85. The summed E-state index contributed by atoms with van der Waals surface area (Å²) >= 11 is 0. The highest BCUT2D eigenvalue weighted by atomic mass is 35.5. The van der Waals surface area contributed by atoms with Crippen LogP contribution in [0.5, 0.6) is 0 Å². The van der Waals surface area contributed by atoms with Crippen LogP contribution in [0.2, 0.25) is 0 Å². The van der Waals surface area contributed by atoms with Gasteiger partial charge >= 0.3 is 12.1 Å². The van der Waals surface area contributed by atoms with Gasteiger partial charge in [0, 0.05) is 13.5 Å². The molecule has 0 radical (unpaired) electrons. The Morgan fingerprint density at radius 3 is 2.45 bits per heavy atom. The first kappa shape index (κ1) is 18.1. The SMILES string of the molecule is CN(C(N)=O)C(=O)OC[C@H]([NH3+])Cc1ccc(F)cc1.[Cl-]. The van der Waals surface area contributed by atoms with Crippen LogP contribution in [0.3, 0.4) is 0 Å². The van der Waals surface area contributed by atoms with E-state index in [4.69, 9.17) is 10.5 Å². The zero-order valence-electron chi connectivity index (χ0n) is 11.0. The molecular weight excluding hydrogens is 289 g/mol. The molecule has 8 heteroatoms. The van der Waals surface area contributed by atoms with Crippen molar-refractivity contribution in [2.75, 3.05) is 13.7 Å². The number of urea groups is 1. The molecule has 3 amide bonds. The Labute approximate surface area is 122 Å². The summed E-state index contributed by atoms with van der Waals surface area (Å²) in [6, 6.07) is 4.92. The molecule has 5 N–H and O–H groups in total. The van der Waals surface area contributed by atoms with Gasteiger partial charge in [-0.15, -0.1) is 0 Å². The lowest BCUT2D eigenvalue weighted by atomic mass is 10.1. The van der Waals surface area contributed by atoms with Gasteiger partial charge in [-0.1, -0.05) is 12.1 Å². The van der Waals surface area contributed by atoms with Gasteiger partial charge in [-0.3, -0.25) is 0 Å². The molecule has 0 aliphatic carbocycles. The van der Waals surface area contributed by atoms with Crippen LogP contribution in [-0.2, 0) is 11.2 Å². The number of nitrogens with zero attached hydrogens (tertiary/aromatic N) is 1. The van der Waals surface area contributed by atoms with Crippen molar-refractivity contribution in [2.24, 2.45) is 5.73 Å². The largest absolute Gasteiger partial charge is 1.00 e. The third-order valence-corrected chi connectivity index (χ3v) is 2.48. The first-order chi connectivity index (χ1) is 8.90. The predicted molar refractivity (Wildman–Crippen MR) is 65.5 cm³/mol. The fourth-order valence-corrected chi connectivity index (χ4v) is 1.39. The lowest BCUT2D eigenvalue weighted by Crippen LogP contribution is -3.00. The summed E-state index contributed by atoms with van der Waals surface area (Å²) in [6.07, 6.45) is -0.284. The van der Waals surface area contributed by atoms with Crippen LogP contribution in [0.1, 0.15) is 5.56 Å². The summed E-state index contributed by atoms with van der Waals surface area (Å²) in [4.78, 5) is 22.7. The number of halogens is 2. The number of hydrogen-bond donors (Lipinski definition) is 2. The fourth-order valence-electron chi connectivity index (χ4n) is 1.39. The number of nitrogens with two attached hydrogens (primary N) is 1. The molecule has 112 valence electrons. The molecule has 0 spiro atoms. The minimum Gasteiger partial charge on any atom is -1.00 e. The second-order valence-electron chi connectivity index (χ2n) is 4.17. The number of quaternary nitrogens is 1. The van der Waals surface area contributed by atoms with E-state index in [1.165, 1.54) is 19.2 Å². The lowest BCUT2D eigenvalue weighted by molar-refractivity contribution is -0.424.